The van der Waals surface area contributed by atoms with Crippen LogP contribution in [-0.4, -0.2) is 35.4 Å². The number of aromatic hydroxyl groups is 1. The summed E-state index contributed by atoms with van der Waals surface area (Å²) in [5.74, 6) is -1.55. The Labute approximate surface area is 211 Å². The number of piperidine rings is 1. The molecule has 186 valence electrons. The first-order valence-corrected chi connectivity index (χ1v) is 11.7. The van der Waals surface area contributed by atoms with Gasteiger partial charge in [0.25, 0.3) is 0 Å². The summed E-state index contributed by atoms with van der Waals surface area (Å²) in [7, 11) is 0. The topological polar surface area (TPSA) is 112 Å². The van der Waals surface area contributed by atoms with Gasteiger partial charge in [0, 0.05) is 54.7 Å². The minimum atomic E-state index is -0.826. The van der Waals surface area contributed by atoms with Crippen molar-refractivity contribution < 1.29 is 23.4 Å². The Balaban J connectivity index is 1.69. The number of halogens is 2. The SMILES string of the molecule is N#Cc1cccc(-c2ccc3ncc(-c4cc(F)cc(F)c4)c(N4CCC(OC(N)=O)CC4)c3c2)c1O. The molecule has 1 amide bonds. The van der Waals surface area contributed by atoms with E-state index in [0.29, 0.717) is 64.8 Å². The van der Waals surface area contributed by atoms with Crippen LogP contribution in [0.2, 0.25) is 0 Å². The number of rotatable bonds is 4. The van der Waals surface area contributed by atoms with Crippen LogP contribution < -0.4 is 10.6 Å². The molecule has 9 heteroatoms. The van der Waals surface area contributed by atoms with Crippen molar-refractivity contribution in [2.45, 2.75) is 18.9 Å². The molecule has 0 bridgehead atoms. The zero-order valence-corrected chi connectivity index (χ0v) is 19.6. The number of hydrogen-bond donors (Lipinski definition) is 2. The van der Waals surface area contributed by atoms with E-state index in [-0.39, 0.29) is 17.4 Å². The van der Waals surface area contributed by atoms with Gasteiger partial charge in [-0.3, -0.25) is 4.98 Å². The molecule has 1 aromatic heterocycles. The fourth-order valence-electron chi connectivity index (χ4n) is 4.84. The molecule has 1 fully saturated rings. The van der Waals surface area contributed by atoms with Crippen LogP contribution in [-0.2, 0) is 4.74 Å². The van der Waals surface area contributed by atoms with Crippen LogP contribution in [0.25, 0.3) is 33.2 Å². The molecular weight excluding hydrogens is 478 g/mol. The molecule has 0 unspecified atom stereocenters. The van der Waals surface area contributed by atoms with Crippen LogP contribution >= 0.6 is 0 Å². The van der Waals surface area contributed by atoms with E-state index in [2.05, 4.69) is 9.88 Å². The lowest BCUT2D eigenvalue weighted by molar-refractivity contribution is 0.0913. The highest BCUT2D eigenvalue weighted by molar-refractivity contribution is 6.02. The predicted octanol–water partition coefficient (Wildman–Crippen LogP) is 5.49. The van der Waals surface area contributed by atoms with Crippen molar-refractivity contribution in [3.63, 3.8) is 0 Å². The molecule has 1 aliphatic heterocycles. The lowest BCUT2D eigenvalue weighted by atomic mass is 9.95. The van der Waals surface area contributed by atoms with Gasteiger partial charge in [-0.2, -0.15) is 5.26 Å². The summed E-state index contributed by atoms with van der Waals surface area (Å²) in [5.41, 5.74) is 8.68. The van der Waals surface area contributed by atoms with Gasteiger partial charge in [0.15, 0.2) is 0 Å². The summed E-state index contributed by atoms with van der Waals surface area (Å²) in [6.45, 7) is 1.00. The Kier molecular flexibility index (Phi) is 6.32. The third kappa shape index (κ3) is 4.74. The summed E-state index contributed by atoms with van der Waals surface area (Å²) in [4.78, 5) is 17.8. The molecule has 5 rings (SSSR count). The number of carbonyl (C=O) groups is 1. The van der Waals surface area contributed by atoms with Crippen LogP contribution in [0.5, 0.6) is 5.75 Å². The van der Waals surface area contributed by atoms with E-state index in [0.717, 1.165) is 6.07 Å². The number of anilines is 1. The maximum atomic E-state index is 14.2. The number of para-hydroxylation sites is 1. The molecule has 1 aliphatic rings. The molecule has 7 nitrogen and oxygen atoms in total. The van der Waals surface area contributed by atoms with E-state index in [1.807, 2.05) is 12.1 Å². The van der Waals surface area contributed by atoms with Crippen molar-refractivity contribution in [1.29, 1.82) is 5.26 Å². The monoisotopic (exact) mass is 500 g/mol. The molecule has 0 atom stereocenters. The number of benzene rings is 3. The smallest absolute Gasteiger partial charge is 0.404 e. The zero-order valence-electron chi connectivity index (χ0n) is 19.6. The van der Waals surface area contributed by atoms with Crippen LogP contribution in [0.15, 0.2) is 60.8 Å². The summed E-state index contributed by atoms with van der Waals surface area (Å²) in [6, 6.07) is 15.7. The zero-order chi connectivity index (χ0) is 26.1. The number of nitriles is 1. The second kappa shape index (κ2) is 9.74. The Morgan fingerprint density at radius 2 is 1.78 bits per heavy atom. The molecule has 2 heterocycles. The quantitative estimate of drug-likeness (QED) is 0.383. The number of aromatic nitrogens is 1. The van der Waals surface area contributed by atoms with Crippen molar-refractivity contribution in [1.82, 2.24) is 4.98 Å². The van der Waals surface area contributed by atoms with Crippen molar-refractivity contribution in [2.24, 2.45) is 5.73 Å². The Bertz CT molecular complexity index is 1540. The molecule has 1 saturated heterocycles. The number of amides is 1. The summed E-state index contributed by atoms with van der Waals surface area (Å²) >= 11 is 0. The number of phenolic OH excluding ortho intramolecular Hbond substituents is 1. The fourth-order valence-corrected chi connectivity index (χ4v) is 4.84. The van der Waals surface area contributed by atoms with E-state index < -0.39 is 17.7 Å². The van der Waals surface area contributed by atoms with Crippen LogP contribution in [0.3, 0.4) is 0 Å². The third-order valence-electron chi connectivity index (χ3n) is 6.52. The van der Waals surface area contributed by atoms with Gasteiger partial charge < -0.3 is 20.5 Å². The van der Waals surface area contributed by atoms with Crippen LogP contribution in [0.1, 0.15) is 18.4 Å². The van der Waals surface area contributed by atoms with Gasteiger partial charge >= 0.3 is 6.09 Å². The molecule has 0 saturated carbocycles. The van der Waals surface area contributed by atoms with Crippen LogP contribution in [0.4, 0.5) is 19.3 Å². The van der Waals surface area contributed by atoms with Gasteiger partial charge in [0.05, 0.1) is 16.8 Å². The van der Waals surface area contributed by atoms with Crippen molar-refractivity contribution in [3.8, 4) is 34.1 Å². The van der Waals surface area contributed by atoms with E-state index in [9.17, 15) is 23.9 Å². The number of pyridine rings is 1. The lowest BCUT2D eigenvalue weighted by Gasteiger charge is -2.35. The average molecular weight is 501 g/mol. The van der Waals surface area contributed by atoms with Gasteiger partial charge in [-0.1, -0.05) is 18.2 Å². The van der Waals surface area contributed by atoms with Gasteiger partial charge in [0.2, 0.25) is 0 Å². The second-order valence-corrected chi connectivity index (χ2v) is 8.85. The van der Waals surface area contributed by atoms with E-state index in [1.165, 1.54) is 18.2 Å². The summed E-state index contributed by atoms with van der Waals surface area (Å²) in [6.07, 6.45) is 1.49. The average Bonchev–Trinajstić information content (AvgIpc) is 2.87. The van der Waals surface area contributed by atoms with Gasteiger partial charge in [0.1, 0.15) is 29.6 Å². The van der Waals surface area contributed by atoms with Gasteiger partial charge in [-0.05, 0) is 41.5 Å². The number of nitrogens with two attached hydrogens (primary N) is 1. The molecule has 3 N–H and O–H groups in total. The highest BCUT2D eigenvalue weighted by atomic mass is 19.1. The minimum Gasteiger partial charge on any atom is -0.506 e. The molecule has 0 radical (unpaired) electrons. The van der Waals surface area contributed by atoms with Gasteiger partial charge in [-0.25, -0.2) is 13.6 Å². The predicted molar refractivity (Wildman–Crippen MR) is 135 cm³/mol. The maximum absolute atomic E-state index is 14.2. The number of hydrogen-bond acceptors (Lipinski definition) is 6. The van der Waals surface area contributed by atoms with E-state index in [4.69, 9.17) is 10.5 Å². The van der Waals surface area contributed by atoms with Crippen molar-refractivity contribution >= 4 is 22.7 Å². The molecule has 37 heavy (non-hydrogen) atoms. The number of nitrogens with zero attached hydrogens (tertiary/aromatic N) is 3. The Morgan fingerprint density at radius 1 is 1.05 bits per heavy atom. The van der Waals surface area contributed by atoms with Gasteiger partial charge in [-0.15, -0.1) is 0 Å². The van der Waals surface area contributed by atoms with E-state index in [1.54, 1.807) is 30.5 Å². The number of ether oxygens (including phenoxy) is 1. The first-order chi connectivity index (χ1) is 17.8. The third-order valence-corrected chi connectivity index (χ3v) is 6.52. The minimum absolute atomic E-state index is 0.133. The Morgan fingerprint density at radius 3 is 2.46 bits per heavy atom. The number of phenols is 1. The normalized spacial score (nSPS) is 13.9. The van der Waals surface area contributed by atoms with Crippen LogP contribution in [0, 0.1) is 23.0 Å². The molecule has 3 aromatic carbocycles. The maximum Gasteiger partial charge on any atom is 0.404 e. The lowest BCUT2D eigenvalue weighted by Crippen LogP contribution is -2.39. The number of fused-ring (bicyclic) bond motifs is 1. The molecular formula is C28H22F2N4O3. The Hall–Kier alpha value is -4.71. The highest BCUT2D eigenvalue weighted by Gasteiger charge is 2.26. The number of primary amides is 1. The molecule has 0 spiro atoms. The van der Waals surface area contributed by atoms with Crippen molar-refractivity contribution in [2.75, 3.05) is 18.0 Å². The largest absolute Gasteiger partial charge is 0.506 e. The first kappa shape index (κ1) is 24.0. The van der Waals surface area contributed by atoms with Crippen molar-refractivity contribution in [3.05, 3.63) is 78.0 Å². The summed E-state index contributed by atoms with van der Waals surface area (Å²) in [5, 5.41) is 20.7. The first-order valence-electron chi connectivity index (χ1n) is 11.7. The molecule has 0 aliphatic carbocycles. The van der Waals surface area contributed by atoms with E-state index >= 15 is 0 Å². The fraction of sp³-hybridized carbons (Fsp3) is 0.179. The standard InChI is InChI=1S/C28H22F2N4O3/c29-19-10-18(11-20(30)13-19)24-15-33-25-5-4-16(22-3-1-2-17(14-31)27(22)35)12-23(25)26(24)34-8-6-21(7-9-34)37-28(32)36/h1-5,10-13,15,21,35H,6-9H2,(H2,32,36). The highest BCUT2D eigenvalue weighted by Crippen LogP contribution is 2.41. The second-order valence-electron chi connectivity index (χ2n) is 8.85. The molecule has 4 aromatic rings. The summed E-state index contributed by atoms with van der Waals surface area (Å²) < 4.78 is 33.5. The number of carbonyl (C=O) groups excluding carboxylic acids is 1.